The Bertz CT molecular complexity index is 812. The maximum absolute atomic E-state index is 12.0. The van der Waals surface area contributed by atoms with Gasteiger partial charge in [-0.05, 0) is 61.6 Å². The molecule has 0 saturated carbocycles. The van der Waals surface area contributed by atoms with E-state index in [1.54, 1.807) is 0 Å². The van der Waals surface area contributed by atoms with E-state index in [1.807, 2.05) is 51.1 Å². The molecule has 0 N–H and O–H groups in total. The molecule has 4 nitrogen and oxygen atoms in total. The first-order chi connectivity index (χ1) is 12.3. The zero-order valence-electron chi connectivity index (χ0n) is 15.9. The summed E-state index contributed by atoms with van der Waals surface area (Å²) in [5.41, 5.74) is 1.58. The quantitative estimate of drug-likeness (QED) is 0.429. The van der Waals surface area contributed by atoms with E-state index in [1.165, 1.54) is 13.0 Å². The molecule has 0 radical (unpaired) electrons. The molecule has 0 aliphatic carbocycles. The van der Waals surface area contributed by atoms with Crippen LogP contribution in [0.4, 0.5) is 0 Å². The van der Waals surface area contributed by atoms with Crippen molar-refractivity contribution in [3.8, 4) is 0 Å². The van der Waals surface area contributed by atoms with Gasteiger partial charge in [0.05, 0.1) is 6.61 Å². The predicted octanol–water partition coefficient (Wildman–Crippen LogP) is 4.69. The minimum atomic E-state index is -0.521. The van der Waals surface area contributed by atoms with Gasteiger partial charge < -0.3 is 9.47 Å². The van der Waals surface area contributed by atoms with Crippen molar-refractivity contribution in [2.24, 2.45) is 0 Å². The number of hydrogen-bond acceptors (Lipinski definition) is 4. The molecule has 2 rings (SSSR count). The number of carbonyl (C=O) groups excluding carboxylic acids is 2. The van der Waals surface area contributed by atoms with E-state index in [0.717, 1.165) is 34.7 Å². The Kier molecular flexibility index (Phi) is 6.56. The van der Waals surface area contributed by atoms with E-state index in [2.05, 4.69) is 12.1 Å². The summed E-state index contributed by atoms with van der Waals surface area (Å²) in [5, 5.41) is 2.19. The molecule has 0 bridgehead atoms. The van der Waals surface area contributed by atoms with Crippen molar-refractivity contribution in [2.45, 2.75) is 46.1 Å². The van der Waals surface area contributed by atoms with E-state index in [-0.39, 0.29) is 11.9 Å². The van der Waals surface area contributed by atoms with E-state index < -0.39 is 5.60 Å². The lowest BCUT2D eigenvalue weighted by Crippen LogP contribution is -2.22. The number of fused-ring (bicyclic) bond motifs is 1. The van der Waals surface area contributed by atoms with Crippen molar-refractivity contribution < 1.29 is 19.1 Å². The van der Waals surface area contributed by atoms with Gasteiger partial charge in [0, 0.05) is 13.0 Å². The van der Waals surface area contributed by atoms with Crippen LogP contribution in [0.15, 0.2) is 42.5 Å². The second-order valence-corrected chi connectivity index (χ2v) is 7.17. The molecular weight excluding hydrogens is 328 g/mol. The summed E-state index contributed by atoms with van der Waals surface area (Å²) >= 11 is 0. The Morgan fingerprint density at radius 1 is 1.08 bits per heavy atom. The van der Waals surface area contributed by atoms with Crippen molar-refractivity contribution in [2.75, 3.05) is 6.61 Å². The Balaban J connectivity index is 2.26. The number of benzene rings is 2. The highest BCUT2D eigenvalue weighted by molar-refractivity contribution is 5.96. The first-order valence-corrected chi connectivity index (χ1v) is 8.81. The second-order valence-electron chi connectivity index (χ2n) is 7.17. The number of esters is 2. The number of ether oxygens (including phenoxy) is 2. The van der Waals surface area contributed by atoms with Gasteiger partial charge in [0.2, 0.25) is 0 Å². The van der Waals surface area contributed by atoms with Gasteiger partial charge in [-0.1, -0.05) is 36.4 Å². The number of aryl methyl sites for hydroxylation is 1. The zero-order valence-corrected chi connectivity index (χ0v) is 15.9. The van der Waals surface area contributed by atoms with Gasteiger partial charge in [-0.2, -0.15) is 0 Å². The standard InChI is InChI=1S/C22H26O4/c1-16(23)25-15-7-9-18-12-11-17-8-5-6-10-19(17)20(18)13-14-21(24)26-22(2,3)4/h5-6,8,10-14H,7,9,15H2,1-4H3/b14-13+. The zero-order chi connectivity index (χ0) is 19.2. The topological polar surface area (TPSA) is 52.6 Å². The minimum absolute atomic E-state index is 0.270. The molecule has 0 spiro atoms. The molecule has 4 heteroatoms. The molecule has 2 aromatic carbocycles. The monoisotopic (exact) mass is 354 g/mol. The van der Waals surface area contributed by atoms with Gasteiger partial charge in [0.15, 0.2) is 0 Å². The van der Waals surface area contributed by atoms with Crippen LogP contribution in [0.3, 0.4) is 0 Å². The Morgan fingerprint density at radius 2 is 1.81 bits per heavy atom. The highest BCUT2D eigenvalue weighted by Gasteiger charge is 2.14. The summed E-state index contributed by atoms with van der Waals surface area (Å²) in [7, 11) is 0. The van der Waals surface area contributed by atoms with Crippen LogP contribution in [-0.4, -0.2) is 24.1 Å². The Labute approximate surface area is 154 Å². The molecule has 0 atom stereocenters. The van der Waals surface area contributed by atoms with Crippen LogP contribution in [0.1, 0.15) is 45.2 Å². The molecule has 2 aromatic rings. The van der Waals surface area contributed by atoms with Crippen LogP contribution in [0.25, 0.3) is 16.8 Å². The summed E-state index contributed by atoms with van der Waals surface area (Å²) in [6.07, 6.45) is 4.78. The minimum Gasteiger partial charge on any atom is -0.466 e. The molecule has 0 fully saturated rings. The molecule has 0 unspecified atom stereocenters. The van der Waals surface area contributed by atoms with Crippen LogP contribution in [0.5, 0.6) is 0 Å². The fourth-order valence-electron chi connectivity index (χ4n) is 2.72. The van der Waals surface area contributed by atoms with Crippen molar-refractivity contribution >= 4 is 28.8 Å². The summed E-state index contributed by atoms with van der Waals surface area (Å²) in [6, 6.07) is 12.2. The van der Waals surface area contributed by atoms with Gasteiger partial charge >= 0.3 is 11.9 Å². The largest absolute Gasteiger partial charge is 0.466 e. The fraction of sp³-hybridized carbons (Fsp3) is 0.364. The third kappa shape index (κ3) is 6.03. The fourth-order valence-corrected chi connectivity index (χ4v) is 2.72. The van der Waals surface area contributed by atoms with Gasteiger partial charge in [-0.15, -0.1) is 0 Å². The molecule has 0 saturated heterocycles. The lowest BCUT2D eigenvalue weighted by atomic mass is 9.96. The van der Waals surface area contributed by atoms with E-state index >= 15 is 0 Å². The Morgan fingerprint density at radius 3 is 2.50 bits per heavy atom. The molecule has 26 heavy (non-hydrogen) atoms. The summed E-state index contributed by atoms with van der Waals surface area (Å²) < 4.78 is 10.4. The van der Waals surface area contributed by atoms with Crippen molar-refractivity contribution in [1.82, 2.24) is 0 Å². The molecule has 138 valence electrons. The van der Waals surface area contributed by atoms with Crippen molar-refractivity contribution in [3.63, 3.8) is 0 Å². The highest BCUT2D eigenvalue weighted by Crippen LogP contribution is 2.25. The van der Waals surface area contributed by atoms with Crippen LogP contribution < -0.4 is 0 Å². The number of hydrogen-bond donors (Lipinski definition) is 0. The van der Waals surface area contributed by atoms with Gasteiger partial charge in [0.25, 0.3) is 0 Å². The molecule has 0 aromatic heterocycles. The Hall–Kier alpha value is -2.62. The lowest BCUT2D eigenvalue weighted by Gasteiger charge is -2.18. The van der Waals surface area contributed by atoms with E-state index in [9.17, 15) is 9.59 Å². The summed E-state index contributed by atoms with van der Waals surface area (Å²) in [6.45, 7) is 7.33. The molecular formula is C22H26O4. The normalized spacial score (nSPS) is 11.7. The molecule has 0 aliphatic heterocycles. The van der Waals surface area contributed by atoms with Gasteiger partial charge in [0.1, 0.15) is 5.60 Å². The maximum Gasteiger partial charge on any atom is 0.331 e. The second kappa shape index (κ2) is 8.65. The molecule has 0 amide bonds. The molecule has 0 heterocycles. The lowest BCUT2D eigenvalue weighted by molar-refractivity contribution is -0.148. The van der Waals surface area contributed by atoms with Crippen LogP contribution in [-0.2, 0) is 25.5 Å². The van der Waals surface area contributed by atoms with Crippen molar-refractivity contribution in [3.05, 3.63) is 53.6 Å². The van der Waals surface area contributed by atoms with Gasteiger partial charge in [-0.25, -0.2) is 4.79 Å². The van der Waals surface area contributed by atoms with Crippen molar-refractivity contribution in [1.29, 1.82) is 0 Å². The predicted molar refractivity (Wildman–Crippen MR) is 104 cm³/mol. The number of rotatable bonds is 6. The maximum atomic E-state index is 12.0. The molecule has 0 aliphatic rings. The third-order valence-corrected chi connectivity index (χ3v) is 3.75. The van der Waals surface area contributed by atoms with E-state index in [0.29, 0.717) is 6.61 Å². The van der Waals surface area contributed by atoms with Crippen LogP contribution in [0.2, 0.25) is 0 Å². The highest BCUT2D eigenvalue weighted by atomic mass is 16.6. The van der Waals surface area contributed by atoms with E-state index in [4.69, 9.17) is 9.47 Å². The van der Waals surface area contributed by atoms with Crippen LogP contribution in [0, 0.1) is 0 Å². The number of carbonyl (C=O) groups is 2. The first kappa shape index (κ1) is 19.7. The smallest absolute Gasteiger partial charge is 0.331 e. The third-order valence-electron chi connectivity index (χ3n) is 3.75. The summed E-state index contributed by atoms with van der Waals surface area (Å²) in [4.78, 5) is 23.0. The average Bonchev–Trinajstić information content (AvgIpc) is 2.55. The SMILES string of the molecule is CC(=O)OCCCc1ccc2ccccc2c1/C=C/C(=O)OC(C)(C)C. The van der Waals surface area contributed by atoms with Gasteiger partial charge in [-0.3, -0.25) is 4.79 Å². The average molecular weight is 354 g/mol. The summed E-state index contributed by atoms with van der Waals surface area (Å²) in [5.74, 6) is -0.634. The first-order valence-electron chi connectivity index (χ1n) is 8.81. The van der Waals surface area contributed by atoms with Crippen LogP contribution >= 0.6 is 0 Å².